The normalized spacial score (nSPS) is 12.7. The van der Waals surface area contributed by atoms with Gasteiger partial charge in [-0.1, -0.05) is 11.8 Å². The number of nitrogens with one attached hydrogen (secondary N) is 1. The van der Waals surface area contributed by atoms with Gasteiger partial charge >= 0.3 is 0 Å². The smallest absolute Gasteiger partial charge is 0.262 e. The van der Waals surface area contributed by atoms with Crippen molar-refractivity contribution in [3.05, 3.63) is 22.5 Å². The number of carbonyl (C=O) groups is 1. The van der Waals surface area contributed by atoms with Gasteiger partial charge in [-0.2, -0.15) is 0 Å². The van der Waals surface area contributed by atoms with Crippen molar-refractivity contribution in [3.63, 3.8) is 0 Å². The van der Waals surface area contributed by atoms with Crippen molar-refractivity contribution >= 4 is 28.6 Å². The summed E-state index contributed by atoms with van der Waals surface area (Å²) in [6.07, 6.45) is 0.867. The molecule has 1 N–H and O–H groups in total. The molecule has 170 valence electrons. The van der Waals surface area contributed by atoms with Crippen LogP contribution in [0.25, 0.3) is 10.9 Å². The molecule has 2 aromatic rings. The Labute approximate surface area is 187 Å². The molecule has 0 atom stereocenters. The third-order valence-corrected chi connectivity index (χ3v) is 6.73. The Bertz CT molecular complexity index is 970. The van der Waals surface area contributed by atoms with Gasteiger partial charge in [-0.3, -0.25) is 14.2 Å². The molecule has 3 rings (SSSR count). The van der Waals surface area contributed by atoms with Gasteiger partial charge in [0, 0.05) is 32.1 Å². The van der Waals surface area contributed by atoms with Crippen LogP contribution in [-0.2, 0) is 11.3 Å². The van der Waals surface area contributed by atoms with E-state index < -0.39 is 0 Å². The Morgan fingerprint density at radius 3 is 2.48 bits per heavy atom. The van der Waals surface area contributed by atoms with E-state index in [1.165, 1.54) is 16.7 Å². The molecule has 1 aliphatic rings. The lowest BCUT2D eigenvalue weighted by Crippen LogP contribution is -3.11. The highest BCUT2D eigenvalue weighted by atomic mass is 32.2. The monoisotopic (exact) mass is 449 g/mol. The molecular weight excluding hydrogens is 416 g/mol. The highest BCUT2D eigenvalue weighted by Gasteiger charge is 2.20. The summed E-state index contributed by atoms with van der Waals surface area (Å²) in [5.41, 5.74) is 0.466. The van der Waals surface area contributed by atoms with E-state index in [9.17, 15) is 9.59 Å². The Morgan fingerprint density at radius 2 is 1.84 bits per heavy atom. The summed E-state index contributed by atoms with van der Waals surface area (Å²) in [6.45, 7) is 13.4. The lowest BCUT2D eigenvalue weighted by Gasteiger charge is -2.19. The van der Waals surface area contributed by atoms with E-state index in [4.69, 9.17) is 14.5 Å². The number of hydrogen-bond donors (Lipinski definition) is 1. The summed E-state index contributed by atoms with van der Waals surface area (Å²) in [6, 6.07) is 3.47. The maximum atomic E-state index is 13.4. The molecule has 1 aromatic heterocycles. The third-order valence-electron chi connectivity index (χ3n) is 5.77. The van der Waals surface area contributed by atoms with E-state index in [0.717, 1.165) is 26.1 Å². The number of rotatable bonds is 11. The van der Waals surface area contributed by atoms with Gasteiger partial charge < -0.3 is 19.3 Å². The molecule has 0 aliphatic carbocycles. The van der Waals surface area contributed by atoms with E-state index in [1.807, 2.05) is 13.8 Å². The first-order chi connectivity index (χ1) is 15.0. The molecule has 2 heterocycles. The number of nitrogens with zero attached hydrogens (tertiary/aromatic N) is 3. The summed E-state index contributed by atoms with van der Waals surface area (Å²) >= 11 is 1.33. The summed E-state index contributed by atoms with van der Waals surface area (Å²) in [5.74, 6) is 1.47. The molecule has 1 aromatic carbocycles. The van der Waals surface area contributed by atoms with Crippen molar-refractivity contribution in [1.29, 1.82) is 0 Å². The van der Waals surface area contributed by atoms with Crippen molar-refractivity contribution < 1.29 is 19.2 Å². The predicted octanol–water partition coefficient (Wildman–Crippen LogP) is 1.40. The van der Waals surface area contributed by atoms with E-state index >= 15 is 0 Å². The van der Waals surface area contributed by atoms with Gasteiger partial charge in [0.15, 0.2) is 16.7 Å². The zero-order valence-electron chi connectivity index (χ0n) is 18.9. The van der Waals surface area contributed by atoms with Gasteiger partial charge in [0.2, 0.25) is 12.7 Å². The van der Waals surface area contributed by atoms with Gasteiger partial charge in [0.1, 0.15) is 0 Å². The van der Waals surface area contributed by atoms with Crippen molar-refractivity contribution in [2.45, 2.75) is 45.8 Å². The van der Waals surface area contributed by atoms with E-state index in [1.54, 1.807) is 21.6 Å². The number of thioether (sulfide) groups is 1. The topological polar surface area (TPSA) is 78.1 Å². The number of amides is 1. The van der Waals surface area contributed by atoms with Crippen LogP contribution in [0.2, 0.25) is 0 Å². The lowest BCUT2D eigenvalue weighted by molar-refractivity contribution is -0.896. The molecule has 0 saturated carbocycles. The van der Waals surface area contributed by atoms with Gasteiger partial charge in [-0.25, -0.2) is 4.98 Å². The van der Waals surface area contributed by atoms with Crippen molar-refractivity contribution in [2.24, 2.45) is 0 Å². The van der Waals surface area contributed by atoms with E-state index in [0.29, 0.717) is 47.2 Å². The van der Waals surface area contributed by atoms with Gasteiger partial charge in [-0.15, -0.1) is 0 Å². The van der Waals surface area contributed by atoms with E-state index in [-0.39, 0.29) is 24.0 Å². The first kappa shape index (κ1) is 23.4. The fraction of sp³-hybridized carbons (Fsp3) is 0.591. The minimum atomic E-state index is -0.101. The average molecular weight is 450 g/mol. The van der Waals surface area contributed by atoms with Crippen LogP contribution in [0, 0.1) is 0 Å². The van der Waals surface area contributed by atoms with Crippen LogP contribution in [0.3, 0.4) is 0 Å². The summed E-state index contributed by atoms with van der Waals surface area (Å²) in [5, 5.41) is 1.09. The first-order valence-corrected chi connectivity index (χ1v) is 12.1. The zero-order chi connectivity index (χ0) is 22.4. The SMILES string of the molecule is CCN(CC)C(=O)CSc1nc2cc3c(cc2c(=O)n1CCC[NH+](CC)CC)OCO3. The van der Waals surface area contributed by atoms with Gasteiger partial charge in [0.05, 0.1) is 36.3 Å². The highest BCUT2D eigenvalue weighted by molar-refractivity contribution is 7.99. The Balaban J connectivity index is 1.91. The molecule has 0 radical (unpaired) electrons. The zero-order valence-corrected chi connectivity index (χ0v) is 19.7. The third kappa shape index (κ3) is 5.33. The number of aromatic nitrogens is 2. The number of hydrogen-bond acceptors (Lipinski definition) is 6. The number of benzene rings is 1. The van der Waals surface area contributed by atoms with Crippen LogP contribution in [0.4, 0.5) is 0 Å². The minimum Gasteiger partial charge on any atom is -0.454 e. The maximum absolute atomic E-state index is 13.4. The Morgan fingerprint density at radius 1 is 1.16 bits per heavy atom. The highest BCUT2D eigenvalue weighted by Crippen LogP contribution is 2.35. The molecule has 0 fully saturated rings. The van der Waals surface area contributed by atoms with Gasteiger partial charge in [0.25, 0.3) is 5.56 Å². The molecular formula is C22H33N4O4S+. The predicted molar refractivity (Wildman–Crippen MR) is 122 cm³/mol. The molecule has 9 heteroatoms. The molecule has 31 heavy (non-hydrogen) atoms. The van der Waals surface area contributed by atoms with Crippen LogP contribution in [0.1, 0.15) is 34.1 Å². The molecule has 0 bridgehead atoms. The largest absolute Gasteiger partial charge is 0.454 e. The minimum absolute atomic E-state index is 0.0502. The molecule has 8 nitrogen and oxygen atoms in total. The molecule has 0 saturated heterocycles. The quantitative estimate of drug-likeness (QED) is 0.413. The molecule has 1 amide bonds. The molecule has 0 spiro atoms. The Hall–Kier alpha value is -2.26. The molecule has 1 aliphatic heterocycles. The number of fused-ring (bicyclic) bond motifs is 2. The van der Waals surface area contributed by atoms with Crippen LogP contribution in [0.15, 0.2) is 22.1 Å². The fourth-order valence-electron chi connectivity index (χ4n) is 3.78. The number of quaternary nitrogens is 1. The molecule has 0 unspecified atom stereocenters. The second kappa shape index (κ2) is 10.9. The maximum Gasteiger partial charge on any atom is 0.262 e. The van der Waals surface area contributed by atoms with Crippen LogP contribution < -0.4 is 19.9 Å². The average Bonchev–Trinajstić information content (AvgIpc) is 3.24. The fourth-order valence-corrected chi connectivity index (χ4v) is 4.71. The van der Waals surface area contributed by atoms with Gasteiger partial charge in [-0.05, 0) is 33.8 Å². The summed E-state index contributed by atoms with van der Waals surface area (Å²) in [4.78, 5) is 33.9. The number of ether oxygens (including phenoxy) is 2. The van der Waals surface area contributed by atoms with Crippen LogP contribution in [0.5, 0.6) is 11.5 Å². The standard InChI is InChI=1S/C22H32N4O4S/c1-5-24(6-2)10-9-11-26-21(28)16-12-18-19(30-15-29-18)13-17(16)23-22(26)31-14-20(27)25(7-3)8-4/h12-13H,5-11,14-15H2,1-4H3/p+1. The van der Waals surface area contributed by atoms with Crippen molar-refractivity contribution in [1.82, 2.24) is 14.5 Å². The van der Waals surface area contributed by atoms with Crippen molar-refractivity contribution in [2.75, 3.05) is 45.3 Å². The van der Waals surface area contributed by atoms with Crippen molar-refractivity contribution in [3.8, 4) is 11.5 Å². The second-order valence-electron chi connectivity index (χ2n) is 7.49. The second-order valence-corrected chi connectivity index (χ2v) is 8.43. The lowest BCUT2D eigenvalue weighted by atomic mass is 10.2. The Kier molecular flexibility index (Phi) is 8.20. The van der Waals surface area contributed by atoms with Crippen LogP contribution in [-0.4, -0.2) is 65.6 Å². The summed E-state index contributed by atoms with van der Waals surface area (Å²) in [7, 11) is 0. The first-order valence-electron chi connectivity index (χ1n) is 11.1. The number of carbonyl (C=O) groups excluding carboxylic acids is 1. The summed E-state index contributed by atoms with van der Waals surface area (Å²) < 4.78 is 12.6. The van der Waals surface area contributed by atoms with Crippen LogP contribution >= 0.6 is 11.8 Å². The van der Waals surface area contributed by atoms with E-state index in [2.05, 4.69) is 13.8 Å².